The average molecular weight is 328 g/mol. The smallest absolute Gasteiger partial charge is 0.416 e. The molecular weight excluding hydrogens is 317 g/mol. The molecule has 1 aromatic carbocycles. The third-order valence-electron chi connectivity index (χ3n) is 3.08. The van der Waals surface area contributed by atoms with Crippen molar-refractivity contribution in [3.05, 3.63) is 57.5 Å². The van der Waals surface area contributed by atoms with Crippen LogP contribution in [0.3, 0.4) is 0 Å². The molecule has 0 spiro atoms. The first-order valence-corrected chi connectivity index (χ1v) is 6.39. The maximum Gasteiger partial charge on any atom is 0.416 e. The molecule has 2 aromatic rings. The third-order valence-corrected chi connectivity index (χ3v) is 3.08. The Labute approximate surface area is 127 Å². The van der Waals surface area contributed by atoms with Crippen molar-refractivity contribution in [3.8, 4) is 5.75 Å². The second-order valence-corrected chi connectivity index (χ2v) is 4.67. The number of aryl methyl sites for hydroxylation is 2. The minimum atomic E-state index is -4.51. The number of carboxylic acids is 1. The molecule has 0 fully saturated rings. The number of hydrogen-bond acceptors (Lipinski definition) is 4. The molecule has 2 rings (SSSR count). The van der Waals surface area contributed by atoms with E-state index in [0.717, 1.165) is 16.9 Å². The highest BCUT2D eigenvalue weighted by atomic mass is 19.4. The Morgan fingerprint density at radius 3 is 2.52 bits per heavy atom. The van der Waals surface area contributed by atoms with Gasteiger partial charge in [-0.15, -0.1) is 0 Å². The van der Waals surface area contributed by atoms with Crippen LogP contribution in [0.25, 0.3) is 0 Å². The van der Waals surface area contributed by atoms with Gasteiger partial charge in [0.25, 0.3) is 5.43 Å². The van der Waals surface area contributed by atoms with Crippen molar-refractivity contribution in [1.29, 1.82) is 0 Å². The molecule has 1 heterocycles. The first kappa shape index (κ1) is 16.5. The molecule has 6 nitrogen and oxygen atoms in total. The fourth-order valence-corrected chi connectivity index (χ4v) is 2.03. The Morgan fingerprint density at radius 2 is 1.91 bits per heavy atom. The number of alkyl halides is 3. The lowest BCUT2D eigenvalue weighted by molar-refractivity contribution is -0.138. The van der Waals surface area contributed by atoms with Gasteiger partial charge in [0.15, 0.2) is 5.75 Å². The van der Waals surface area contributed by atoms with Crippen molar-refractivity contribution in [1.82, 2.24) is 9.78 Å². The molecule has 2 N–H and O–H groups in total. The van der Waals surface area contributed by atoms with E-state index in [1.54, 1.807) is 0 Å². The summed E-state index contributed by atoms with van der Waals surface area (Å²) in [7, 11) is 0. The quantitative estimate of drug-likeness (QED) is 0.894. The first-order chi connectivity index (χ1) is 10.7. The predicted octanol–water partition coefficient (Wildman–Crippen LogP) is 1.91. The van der Waals surface area contributed by atoms with E-state index in [-0.39, 0.29) is 18.5 Å². The predicted molar refractivity (Wildman–Crippen MR) is 72.3 cm³/mol. The van der Waals surface area contributed by atoms with Crippen LogP contribution in [0.15, 0.2) is 35.3 Å². The Balaban J connectivity index is 2.29. The number of aromatic nitrogens is 2. The average Bonchev–Trinajstić information content (AvgIpc) is 2.47. The van der Waals surface area contributed by atoms with Crippen molar-refractivity contribution in [2.24, 2.45) is 0 Å². The molecule has 0 aliphatic carbocycles. The Hall–Kier alpha value is -2.84. The number of rotatable bonds is 4. The number of aromatic hydroxyl groups is 1. The molecule has 0 saturated heterocycles. The molecule has 0 atom stereocenters. The van der Waals surface area contributed by atoms with E-state index >= 15 is 0 Å². The monoisotopic (exact) mass is 328 g/mol. The van der Waals surface area contributed by atoms with Crippen molar-refractivity contribution >= 4 is 5.97 Å². The molecule has 9 heteroatoms. The molecule has 0 bridgehead atoms. The SMILES string of the molecule is O=C(O)c1nn(CCc2ccccc2C(F)(F)F)cc(O)c1=O. The van der Waals surface area contributed by atoms with E-state index in [0.29, 0.717) is 0 Å². The van der Waals surface area contributed by atoms with Crippen LogP contribution in [0.1, 0.15) is 21.6 Å². The van der Waals surface area contributed by atoms with Gasteiger partial charge in [-0.3, -0.25) is 9.48 Å². The fraction of sp³-hybridized carbons (Fsp3) is 0.214. The van der Waals surface area contributed by atoms with Gasteiger partial charge in [0.05, 0.1) is 11.8 Å². The topological polar surface area (TPSA) is 92.4 Å². The highest BCUT2D eigenvalue weighted by Crippen LogP contribution is 2.32. The van der Waals surface area contributed by atoms with Gasteiger partial charge in [0.2, 0.25) is 5.69 Å². The summed E-state index contributed by atoms with van der Waals surface area (Å²) in [4.78, 5) is 22.2. The van der Waals surface area contributed by atoms with Crippen LogP contribution < -0.4 is 5.43 Å². The van der Waals surface area contributed by atoms with Crippen molar-refractivity contribution < 1.29 is 28.2 Å². The van der Waals surface area contributed by atoms with Gasteiger partial charge in [-0.25, -0.2) is 4.79 Å². The summed E-state index contributed by atoms with van der Waals surface area (Å²) in [6, 6.07) is 4.94. The second-order valence-electron chi connectivity index (χ2n) is 4.67. The molecule has 0 saturated carbocycles. The Bertz CT molecular complexity index is 799. The summed E-state index contributed by atoms with van der Waals surface area (Å²) in [6.45, 7) is -0.138. The normalized spacial score (nSPS) is 11.4. The summed E-state index contributed by atoms with van der Waals surface area (Å²) in [5, 5.41) is 21.7. The number of benzene rings is 1. The van der Waals surface area contributed by atoms with Gasteiger partial charge in [-0.05, 0) is 18.1 Å². The Morgan fingerprint density at radius 1 is 1.26 bits per heavy atom. The van der Waals surface area contributed by atoms with Gasteiger partial charge in [0, 0.05) is 6.54 Å². The Kier molecular flexibility index (Phi) is 4.39. The van der Waals surface area contributed by atoms with Crippen LogP contribution in [0.2, 0.25) is 0 Å². The number of carboxylic acid groups (broad SMARTS) is 1. The molecule has 0 amide bonds. The van der Waals surface area contributed by atoms with Crippen LogP contribution in [0, 0.1) is 0 Å². The van der Waals surface area contributed by atoms with Crippen LogP contribution in [0.5, 0.6) is 5.75 Å². The van der Waals surface area contributed by atoms with Gasteiger partial charge in [-0.1, -0.05) is 18.2 Å². The lowest BCUT2D eigenvalue weighted by Crippen LogP contribution is -2.22. The number of halogens is 3. The molecule has 0 radical (unpaired) electrons. The molecule has 0 unspecified atom stereocenters. The van der Waals surface area contributed by atoms with E-state index in [2.05, 4.69) is 5.10 Å². The third kappa shape index (κ3) is 3.68. The minimum Gasteiger partial charge on any atom is -0.503 e. The summed E-state index contributed by atoms with van der Waals surface area (Å²) in [6.07, 6.45) is -3.74. The maximum absolute atomic E-state index is 12.9. The molecule has 122 valence electrons. The highest BCUT2D eigenvalue weighted by molar-refractivity contribution is 5.85. The van der Waals surface area contributed by atoms with Crippen molar-refractivity contribution in [2.45, 2.75) is 19.1 Å². The van der Waals surface area contributed by atoms with E-state index in [1.807, 2.05) is 0 Å². The summed E-state index contributed by atoms with van der Waals surface area (Å²) in [5.41, 5.74) is -2.85. The minimum absolute atomic E-state index is 0.00290. The van der Waals surface area contributed by atoms with Gasteiger partial charge in [0.1, 0.15) is 0 Å². The van der Waals surface area contributed by atoms with Crippen LogP contribution in [-0.2, 0) is 19.1 Å². The standard InChI is InChI=1S/C14H11F3N2O4/c15-14(16,17)9-4-2-1-3-8(9)5-6-19-7-10(20)12(21)11(18-19)13(22)23/h1-4,7,20H,5-6H2,(H,22,23). The molecular formula is C14H11F3N2O4. The van der Waals surface area contributed by atoms with Gasteiger partial charge < -0.3 is 10.2 Å². The number of nitrogens with zero attached hydrogens (tertiary/aromatic N) is 2. The zero-order valence-electron chi connectivity index (χ0n) is 11.5. The van der Waals surface area contributed by atoms with Gasteiger partial charge in [-0.2, -0.15) is 18.3 Å². The number of aromatic carboxylic acids is 1. The number of hydrogen-bond donors (Lipinski definition) is 2. The van der Waals surface area contributed by atoms with Crippen molar-refractivity contribution in [3.63, 3.8) is 0 Å². The van der Waals surface area contributed by atoms with E-state index < -0.39 is 34.6 Å². The molecule has 0 aliphatic heterocycles. The molecule has 1 aromatic heterocycles. The molecule has 0 aliphatic rings. The van der Waals surface area contributed by atoms with Crippen LogP contribution in [-0.4, -0.2) is 26.0 Å². The first-order valence-electron chi connectivity index (χ1n) is 6.39. The fourth-order valence-electron chi connectivity index (χ4n) is 2.03. The second kappa shape index (κ2) is 6.11. The summed E-state index contributed by atoms with van der Waals surface area (Å²) < 4.78 is 39.6. The highest BCUT2D eigenvalue weighted by Gasteiger charge is 2.32. The lowest BCUT2D eigenvalue weighted by atomic mass is 10.0. The van der Waals surface area contributed by atoms with Gasteiger partial charge >= 0.3 is 12.1 Å². The van der Waals surface area contributed by atoms with E-state index in [4.69, 9.17) is 5.11 Å². The number of carbonyl (C=O) groups is 1. The molecule has 23 heavy (non-hydrogen) atoms. The zero-order chi connectivity index (χ0) is 17.2. The maximum atomic E-state index is 12.9. The lowest BCUT2D eigenvalue weighted by Gasteiger charge is -2.13. The van der Waals surface area contributed by atoms with Crippen LogP contribution in [0.4, 0.5) is 13.2 Å². The van der Waals surface area contributed by atoms with Crippen molar-refractivity contribution in [2.75, 3.05) is 0 Å². The van der Waals surface area contributed by atoms with Crippen LogP contribution >= 0.6 is 0 Å². The van der Waals surface area contributed by atoms with E-state index in [9.17, 15) is 27.9 Å². The zero-order valence-corrected chi connectivity index (χ0v) is 11.5. The van der Waals surface area contributed by atoms with E-state index in [1.165, 1.54) is 18.2 Å². The summed E-state index contributed by atoms with van der Waals surface area (Å²) >= 11 is 0. The largest absolute Gasteiger partial charge is 0.503 e. The summed E-state index contributed by atoms with van der Waals surface area (Å²) in [5.74, 6) is -2.46.